The number of para-hydroxylation sites is 1. The van der Waals surface area contributed by atoms with E-state index in [1.54, 1.807) is 13.4 Å². The van der Waals surface area contributed by atoms with Crippen LogP contribution in [0.2, 0.25) is 0 Å². The summed E-state index contributed by atoms with van der Waals surface area (Å²) in [5.74, 6) is 0.640. The van der Waals surface area contributed by atoms with Crippen LogP contribution >= 0.6 is 0 Å². The Morgan fingerprint density at radius 1 is 1.07 bits per heavy atom. The molecule has 0 saturated carbocycles. The molecule has 4 aromatic rings. The number of rotatable bonds is 8. The van der Waals surface area contributed by atoms with Gasteiger partial charge >= 0.3 is 5.97 Å². The molecule has 2 heterocycles. The maximum absolute atomic E-state index is 12.2. The van der Waals surface area contributed by atoms with E-state index in [1.807, 2.05) is 65.2 Å². The summed E-state index contributed by atoms with van der Waals surface area (Å²) >= 11 is 0. The van der Waals surface area contributed by atoms with Crippen LogP contribution in [0.3, 0.4) is 0 Å². The number of hydrogen-bond donors (Lipinski definition) is 2. The zero-order valence-corrected chi connectivity index (χ0v) is 16.1. The van der Waals surface area contributed by atoms with Crippen LogP contribution in [0.5, 0.6) is 5.75 Å². The van der Waals surface area contributed by atoms with Crippen molar-refractivity contribution in [2.45, 2.75) is 19.6 Å². The maximum atomic E-state index is 12.2. The molecule has 4 rings (SSSR count). The normalized spacial score (nSPS) is 11.1. The number of methoxy groups -OCH3 is 1. The third-order valence-corrected chi connectivity index (χ3v) is 4.96. The average molecular weight is 390 g/mol. The van der Waals surface area contributed by atoms with Crippen molar-refractivity contribution in [3.63, 3.8) is 0 Å². The van der Waals surface area contributed by atoms with E-state index in [-0.39, 0.29) is 0 Å². The first-order valence-electron chi connectivity index (χ1n) is 9.37. The Morgan fingerprint density at radius 2 is 1.86 bits per heavy atom. The van der Waals surface area contributed by atoms with E-state index in [4.69, 9.17) is 9.15 Å². The molecule has 0 spiro atoms. The third-order valence-electron chi connectivity index (χ3n) is 4.96. The molecule has 0 saturated heterocycles. The quantitative estimate of drug-likeness (QED) is 0.470. The zero-order chi connectivity index (χ0) is 20.2. The summed E-state index contributed by atoms with van der Waals surface area (Å²) in [4.78, 5) is 12.2. The molecule has 29 heavy (non-hydrogen) atoms. The standard InChI is InChI=1S/C23H22N2O4/c1-28-17-10-8-16(9-11-17)15-25-21-7-3-2-6-19(21)20(22(25)23(26)27)14-24-13-18-5-4-12-29-18/h2-12,24H,13-15H2,1H3,(H,26,27). The molecule has 2 N–H and O–H groups in total. The number of nitrogens with one attached hydrogen (secondary N) is 1. The van der Waals surface area contributed by atoms with Crippen LogP contribution in [0.15, 0.2) is 71.3 Å². The molecule has 2 aromatic heterocycles. The molecule has 6 nitrogen and oxygen atoms in total. The van der Waals surface area contributed by atoms with E-state index in [2.05, 4.69) is 5.32 Å². The molecular weight excluding hydrogens is 368 g/mol. The van der Waals surface area contributed by atoms with Gasteiger partial charge in [0.15, 0.2) is 0 Å². The number of ether oxygens (including phenoxy) is 1. The average Bonchev–Trinajstić information content (AvgIpc) is 3.36. The molecule has 0 aliphatic heterocycles. The lowest BCUT2D eigenvalue weighted by Gasteiger charge is -2.10. The number of carbonyl (C=O) groups is 1. The van der Waals surface area contributed by atoms with Crippen molar-refractivity contribution in [3.05, 3.63) is 89.5 Å². The first-order chi connectivity index (χ1) is 14.2. The Bertz CT molecular complexity index is 1110. The lowest BCUT2D eigenvalue weighted by atomic mass is 10.1. The van der Waals surface area contributed by atoms with Gasteiger partial charge in [0.05, 0.1) is 19.9 Å². The number of benzene rings is 2. The number of aromatic nitrogens is 1. The summed E-state index contributed by atoms with van der Waals surface area (Å²) in [5, 5.41) is 14.2. The first kappa shape index (κ1) is 18.8. The molecule has 2 aromatic carbocycles. The third kappa shape index (κ3) is 3.88. The number of carboxylic acid groups (broad SMARTS) is 1. The molecule has 148 valence electrons. The van der Waals surface area contributed by atoms with Gasteiger partial charge in [-0.25, -0.2) is 4.79 Å². The predicted octanol–water partition coefficient (Wildman–Crippen LogP) is 4.28. The van der Waals surface area contributed by atoms with Crippen LogP contribution in [0, 0.1) is 0 Å². The van der Waals surface area contributed by atoms with Crippen molar-refractivity contribution in [2.24, 2.45) is 0 Å². The fourth-order valence-electron chi connectivity index (χ4n) is 3.60. The summed E-state index contributed by atoms with van der Waals surface area (Å²) in [7, 11) is 1.62. The van der Waals surface area contributed by atoms with Crippen LogP contribution < -0.4 is 10.1 Å². The second-order valence-electron chi connectivity index (χ2n) is 6.77. The molecule has 0 fully saturated rings. The molecule has 0 atom stereocenters. The summed E-state index contributed by atoms with van der Waals surface area (Å²) in [6.07, 6.45) is 1.63. The van der Waals surface area contributed by atoms with Crippen molar-refractivity contribution in [1.82, 2.24) is 9.88 Å². The van der Waals surface area contributed by atoms with Gasteiger partial charge in [-0.15, -0.1) is 0 Å². The first-order valence-corrected chi connectivity index (χ1v) is 9.37. The van der Waals surface area contributed by atoms with Gasteiger partial charge in [-0.1, -0.05) is 30.3 Å². The highest BCUT2D eigenvalue weighted by molar-refractivity contribution is 5.98. The molecule has 0 radical (unpaired) electrons. The minimum absolute atomic E-state index is 0.300. The Hall–Kier alpha value is -3.51. The van der Waals surface area contributed by atoms with Gasteiger partial charge in [0, 0.05) is 29.6 Å². The predicted molar refractivity (Wildman–Crippen MR) is 110 cm³/mol. The van der Waals surface area contributed by atoms with Crippen LogP contribution in [0.4, 0.5) is 0 Å². The Morgan fingerprint density at radius 3 is 2.55 bits per heavy atom. The van der Waals surface area contributed by atoms with Crippen molar-refractivity contribution in [1.29, 1.82) is 0 Å². The second kappa shape index (κ2) is 8.24. The fourth-order valence-corrected chi connectivity index (χ4v) is 3.60. The fraction of sp³-hybridized carbons (Fsp3) is 0.174. The molecular formula is C23H22N2O4. The van der Waals surface area contributed by atoms with E-state index in [0.717, 1.165) is 33.5 Å². The lowest BCUT2D eigenvalue weighted by molar-refractivity contribution is 0.0685. The van der Waals surface area contributed by atoms with E-state index < -0.39 is 5.97 Å². The van der Waals surface area contributed by atoms with Crippen LogP contribution in [0.25, 0.3) is 10.9 Å². The highest BCUT2D eigenvalue weighted by Gasteiger charge is 2.22. The van der Waals surface area contributed by atoms with Crippen LogP contribution in [-0.2, 0) is 19.6 Å². The summed E-state index contributed by atoms with van der Waals surface area (Å²) in [5.41, 5.74) is 2.97. The number of nitrogens with zero attached hydrogens (tertiary/aromatic N) is 1. The second-order valence-corrected chi connectivity index (χ2v) is 6.77. The summed E-state index contributed by atoms with van der Waals surface area (Å²) in [6, 6.07) is 19.2. The molecule has 0 aliphatic rings. The molecule has 0 unspecified atom stereocenters. The monoisotopic (exact) mass is 390 g/mol. The number of hydrogen-bond acceptors (Lipinski definition) is 4. The minimum atomic E-state index is -0.940. The zero-order valence-electron chi connectivity index (χ0n) is 16.1. The Kier molecular flexibility index (Phi) is 5.35. The molecule has 0 aliphatic carbocycles. The minimum Gasteiger partial charge on any atom is -0.497 e. The summed E-state index contributed by atoms with van der Waals surface area (Å²) in [6.45, 7) is 1.42. The SMILES string of the molecule is COc1ccc(Cn2c(C(=O)O)c(CNCc3ccco3)c3ccccc32)cc1. The van der Waals surface area contributed by atoms with Gasteiger partial charge in [-0.2, -0.15) is 0 Å². The van der Waals surface area contributed by atoms with Crippen molar-refractivity contribution in [3.8, 4) is 5.75 Å². The van der Waals surface area contributed by atoms with Gasteiger partial charge in [0.1, 0.15) is 17.2 Å². The topological polar surface area (TPSA) is 76.6 Å². The van der Waals surface area contributed by atoms with Gasteiger partial charge in [0.2, 0.25) is 0 Å². The van der Waals surface area contributed by atoms with E-state index >= 15 is 0 Å². The van der Waals surface area contributed by atoms with Crippen LogP contribution in [0.1, 0.15) is 27.4 Å². The number of furan rings is 1. The largest absolute Gasteiger partial charge is 0.497 e. The number of fused-ring (bicyclic) bond motifs is 1. The molecule has 0 bridgehead atoms. The van der Waals surface area contributed by atoms with Crippen molar-refractivity contribution >= 4 is 16.9 Å². The number of carboxylic acids is 1. The summed E-state index contributed by atoms with van der Waals surface area (Å²) < 4.78 is 12.4. The maximum Gasteiger partial charge on any atom is 0.352 e. The van der Waals surface area contributed by atoms with Gasteiger partial charge in [0.25, 0.3) is 0 Å². The van der Waals surface area contributed by atoms with E-state index in [0.29, 0.717) is 25.3 Å². The smallest absolute Gasteiger partial charge is 0.352 e. The van der Waals surface area contributed by atoms with Gasteiger partial charge in [-0.3, -0.25) is 0 Å². The van der Waals surface area contributed by atoms with E-state index in [1.165, 1.54) is 0 Å². The van der Waals surface area contributed by atoms with Gasteiger partial charge < -0.3 is 24.1 Å². The number of aromatic carboxylic acids is 1. The Balaban J connectivity index is 1.70. The molecule has 6 heteroatoms. The molecule has 0 amide bonds. The van der Waals surface area contributed by atoms with Crippen molar-refractivity contribution in [2.75, 3.05) is 7.11 Å². The van der Waals surface area contributed by atoms with Gasteiger partial charge in [-0.05, 0) is 35.9 Å². The van der Waals surface area contributed by atoms with Crippen LogP contribution in [-0.4, -0.2) is 22.8 Å². The van der Waals surface area contributed by atoms with Crippen molar-refractivity contribution < 1.29 is 19.1 Å². The lowest BCUT2D eigenvalue weighted by Crippen LogP contribution is -2.17. The van der Waals surface area contributed by atoms with E-state index in [9.17, 15) is 9.90 Å². The highest BCUT2D eigenvalue weighted by atomic mass is 16.5. The Labute approximate surface area is 168 Å². The highest BCUT2D eigenvalue weighted by Crippen LogP contribution is 2.28.